The second-order valence-electron chi connectivity index (χ2n) is 4.94. The summed E-state index contributed by atoms with van der Waals surface area (Å²) in [5.41, 5.74) is 2.77. The second kappa shape index (κ2) is 5.78. The molecule has 2 rings (SSSR count). The van der Waals surface area contributed by atoms with Crippen LogP contribution in [-0.4, -0.2) is 25.9 Å². The molecule has 0 aromatic heterocycles. The van der Waals surface area contributed by atoms with Crippen LogP contribution in [-0.2, 0) is 0 Å². The Morgan fingerprint density at radius 1 is 1.41 bits per heavy atom. The fourth-order valence-electron chi connectivity index (χ4n) is 2.35. The Balaban J connectivity index is 2.25. The number of likely N-dealkylation sites (N-methyl/N-ethyl adjacent to an activating group) is 1. The number of benzene rings is 1. The Morgan fingerprint density at radius 3 is 2.94 bits per heavy atom. The Bertz CT molecular complexity index is 376. The zero-order valence-corrected chi connectivity index (χ0v) is 11.7. The van der Waals surface area contributed by atoms with Gasteiger partial charge in [0.25, 0.3) is 0 Å². The van der Waals surface area contributed by atoms with Crippen LogP contribution >= 0.6 is 11.8 Å². The highest BCUT2D eigenvalue weighted by Crippen LogP contribution is 2.34. The maximum atomic E-state index is 3.50. The van der Waals surface area contributed by atoms with Crippen molar-refractivity contribution in [3.8, 4) is 0 Å². The van der Waals surface area contributed by atoms with Crippen LogP contribution in [0.4, 0.5) is 5.69 Å². The number of hydrogen-bond donors (Lipinski definition) is 2. The molecule has 1 aromatic carbocycles. The van der Waals surface area contributed by atoms with Gasteiger partial charge in [0.2, 0.25) is 0 Å². The summed E-state index contributed by atoms with van der Waals surface area (Å²) in [5.74, 6) is 2.44. The van der Waals surface area contributed by atoms with Gasteiger partial charge in [-0.25, -0.2) is 0 Å². The van der Waals surface area contributed by atoms with E-state index < -0.39 is 0 Å². The lowest BCUT2D eigenvalue weighted by Gasteiger charge is -2.24. The molecule has 1 unspecified atom stereocenters. The van der Waals surface area contributed by atoms with E-state index in [9.17, 15) is 0 Å². The van der Waals surface area contributed by atoms with Crippen molar-refractivity contribution >= 4 is 17.4 Å². The Labute approximate surface area is 109 Å². The first-order valence-electron chi connectivity index (χ1n) is 6.37. The largest absolute Gasteiger partial charge is 0.383 e. The summed E-state index contributed by atoms with van der Waals surface area (Å²) in [6.07, 6.45) is 0. The van der Waals surface area contributed by atoms with E-state index in [4.69, 9.17) is 0 Å². The maximum Gasteiger partial charge on any atom is 0.0481 e. The molecule has 1 aliphatic rings. The molecule has 0 fully saturated rings. The smallest absolute Gasteiger partial charge is 0.0481 e. The van der Waals surface area contributed by atoms with Crippen molar-refractivity contribution in [1.29, 1.82) is 0 Å². The van der Waals surface area contributed by atoms with Crippen LogP contribution in [0.3, 0.4) is 0 Å². The van der Waals surface area contributed by atoms with Crippen molar-refractivity contribution in [2.24, 2.45) is 5.92 Å². The average molecular weight is 250 g/mol. The standard InChI is InChI=1S/C14H22N2S/c1-10(2)12(9-15-3)11-4-5-14-13(8-11)16-6-7-17-14/h4-5,8,10,12,15-16H,6-7,9H2,1-3H3. The van der Waals surface area contributed by atoms with Crippen molar-refractivity contribution in [2.45, 2.75) is 24.7 Å². The van der Waals surface area contributed by atoms with Gasteiger partial charge in [0.05, 0.1) is 0 Å². The van der Waals surface area contributed by atoms with Gasteiger partial charge in [-0.1, -0.05) is 19.9 Å². The van der Waals surface area contributed by atoms with E-state index in [-0.39, 0.29) is 0 Å². The van der Waals surface area contributed by atoms with E-state index in [0.717, 1.165) is 13.1 Å². The summed E-state index contributed by atoms with van der Waals surface area (Å²) in [7, 11) is 2.03. The minimum absolute atomic E-state index is 0.596. The first-order chi connectivity index (χ1) is 8.22. The molecule has 2 nitrogen and oxygen atoms in total. The van der Waals surface area contributed by atoms with Crippen molar-refractivity contribution in [1.82, 2.24) is 5.32 Å². The quantitative estimate of drug-likeness (QED) is 0.858. The highest BCUT2D eigenvalue weighted by atomic mass is 32.2. The molecule has 1 atom stereocenters. The molecule has 0 amide bonds. The van der Waals surface area contributed by atoms with E-state index in [2.05, 4.69) is 42.7 Å². The summed E-state index contributed by atoms with van der Waals surface area (Å²) in [6, 6.07) is 6.90. The normalized spacial score (nSPS) is 16.5. The first-order valence-corrected chi connectivity index (χ1v) is 7.36. The van der Waals surface area contributed by atoms with Gasteiger partial charge in [-0.15, -0.1) is 11.8 Å². The van der Waals surface area contributed by atoms with Gasteiger partial charge in [-0.3, -0.25) is 0 Å². The molecule has 0 saturated carbocycles. The molecule has 1 aliphatic heterocycles. The van der Waals surface area contributed by atoms with E-state index in [1.165, 1.54) is 21.9 Å². The lowest BCUT2D eigenvalue weighted by Crippen LogP contribution is -2.21. The lowest BCUT2D eigenvalue weighted by atomic mass is 9.88. The monoisotopic (exact) mass is 250 g/mol. The Morgan fingerprint density at radius 2 is 2.24 bits per heavy atom. The number of rotatable bonds is 4. The summed E-state index contributed by atoms with van der Waals surface area (Å²) in [6.45, 7) is 6.72. The van der Waals surface area contributed by atoms with E-state index in [1.54, 1.807) is 0 Å². The molecular weight excluding hydrogens is 228 g/mol. The fraction of sp³-hybridized carbons (Fsp3) is 0.571. The van der Waals surface area contributed by atoms with Crippen LogP contribution in [0.5, 0.6) is 0 Å². The predicted octanol–water partition coefficient (Wildman–Crippen LogP) is 3.16. The molecular formula is C14H22N2S. The van der Waals surface area contributed by atoms with Gasteiger partial charge in [0.15, 0.2) is 0 Å². The minimum atomic E-state index is 0.596. The molecule has 0 aliphatic carbocycles. The summed E-state index contributed by atoms with van der Waals surface area (Å²) >= 11 is 1.95. The van der Waals surface area contributed by atoms with Crippen LogP contribution in [0.2, 0.25) is 0 Å². The summed E-state index contributed by atoms with van der Waals surface area (Å²) in [5, 5.41) is 6.80. The maximum absolute atomic E-state index is 3.50. The molecule has 0 saturated heterocycles. The Kier molecular flexibility index (Phi) is 4.35. The van der Waals surface area contributed by atoms with Gasteiger partial charge in [-0.2, -0.15) is 0 Å². The minimum Gasteiger partial charge on any atom is -0.383 e. The fourth-order valence-corrected chi connectivity index (χ4v) is 3.22. The SMILES string of the molecule is CNCC(c1ccc2c(c1)NCCS2)C(C)C. The third-order valence-corrected chi connectivity index (χ3v) is 4.41. The molecule has 17 heavy (non-hydrogen) atoms. The second-order valence-corrected chi connectivity index (χ2v) is 6.08. The highest BCUT2D eigenvalue weighted by molar-refractivity contribution is 7.99. The molecule has 3 heteroatoms. The molecule has 0 bridgehead atoms. The lowest BCUT2D eigenvalue weighted by molar-refractivity contribution is 0.478. The topological polar surface area (TPSA) is 24.1 Å². The Hall–Kier alpha value is -0.670. The number of anilines is 1. The van der Waals surface area contributed by atoms with Crippen LogP contribution < -0.4 is 10.6 Å². The number of hydrogen-bond acceptors (Lipinski definition) is 3. The molecule has 1 aromatic rings. The van der Waals surface area contributed by atoms with Crippen molar-refractivity contribution in [3.63, 3.8) is 0 Å². The molecule has 2 N–H and O–H groups in total. The molecule has 0 radical (unpaired) electrons. The predicted molar refractivity (Wildman–Crippen MR) is 77.2 cm³/mol. The summed E-state index contributed by atoms with van der Waals surface area (Å²) < 4.78 is 0. The number of nitrogens with one attached hydrogen (secondary N) is 2. The van der Waals surface area contributed by atoms with Gasteiger partial charge in [-0.05, 0) is 36.6 Å². The van der Waals surface area contributed by atoms with E-state index in [1.807, 2.05) is 18.8 Å². The van der Waals surface area contributed by atoms with Crippen LogP contribution in [0.1, 0.15) is 25.3 Å². The van der Waals surface area contributed by atoms with Gasteiger partial charge in [0.1, 0.15) is 0 Å². The van der Waals surface area contributed by atoms with Crippen LogP contribution in [0.25, 0.3) is 0 Å². The summed E-state index contributed by atoms with van der Waals surface area (Å²) in [4.78, 5) is 1.40. The highest BCUT2D eigenvalue weighted by Gasteiger charge is 2.17. The van der Waals surface area contributed by atoms with Crippen LogP contribution in [0, 0.1) is 5.92 Å². The average Bonchev–Trinajstić information content (AvgIpc) is 2.35. The zero-order valence-electron chi connectivity index (χ0n) is 10.9. The first kappa shape index (κ1) is 12.8. The molecule has 94 valence electrons. The van der Waals surface area contributed by atoms with Gasteiger partial charge >= 0.3 is 0 Å². The number of thioether (sulfide) groups is 1. The van der Waals surface area contributed by atoms with Crippen molar-refractivity contribution in [2.75, 3.05) is 31.2 Å². The van der Waals surface area contributed by atoms with Gasteiger partial charge < -0.3 is 10.6 Å². The zero-order chi connectivity index (χ0) is 12.3. The number of fused-ring (bicyclic) bond motifs is 1. The third-order valence-electron chi connectivity index (χ3n) is 3.34. The van der Waals surface area contributed by atoms with Crippen molar-refractivity contribution in [3.05, 3.63) is 23.8 Å². The van der Waals surface area contributed by atoms with E-state index >= 15 is 0 Å². The van der Waals surface area contributed by atoms with Gasteiger partial charge in [0, 0.05) is 29.4 Å². The molecule has 0 spiro atoms. The van der Waals surface area contributed by atoms with Crippen molar-refractivity contribution < 1.29 is 0 Å². The molecule has 1 heterocycles. The third kappa shape index (κ3) is 2.96. The van der Waals surface area contributed by atoms with E-state index in [0.29, 0.717) is 11.8 Å². The van der Waals surface area contributed by atoms with Crippen LogP contribution in [0.15, 0.2) is 23.1 Å².